The predicted octanol–water partition coefficient (Wildman–Crippen LogP) is 0.778. The number of hydrogen-bond acceptors (Lipinski definition) is 4. The smallest absolute Gasteiger partial charge is 0.269 e. The van der Waals surface area contributed by atoms with E-state index in [2.05, 4.69) is 10.4 Å². The molecule has 1 aliphatic rings. The topological polar surface area (TPSA) is 110 Å². The van der Waals surface area contributed by atoms with Crippen LogP contribution in [0.3, 0.4) is 0 Å². The van der Waals surface area contributed by atoms with E-state index in [-0.39, 0.29) is 29.8 Å². The first-order chi connectivity index (χ1) is 12.0. The maximum Gasteiger partial charge on any atom is 0.269 e. The molecule has 1 atom stereocenters. The molecule has 2 aromatic rings. The molecular formula is C17H19N5O3. The van der Waals surface area contributed by atoms with E-state index in [4.69, 9.17) is 5.73 Å². The fraction of sp³-hybridized carbons (Fsp3) is 0.294. The summed E-state index contributed by atoms with van der Waals surface area (Å²) in [5, 5.41) is 6.90. The van der Waals surface area contributed by atoms with Crippen LogP contribution in [0.1, 0.15) is 23.8 Å². The number of rotatable bonds is 5. The van der Waals surface area contributed by atoms with Gasteiger partial charge in [-0.25, -0.2) is 4.68 Å². The summed E-state index contributed by atoms with van der Waals surface area (Å²) in [6, 6.07) is 8.56. The molecule has 0 spiro atoms. The quantitative estimate of drug-likeness (QED) is 0.837. The van der Waals surface area contributed by atoms with Gasteiger partial charge in [-0.15, -0.1) is 0 Å². The molecule has 3 N–H and O–H groups in total. The lowest BCUT2D eigenvalue weighted by atomic mass is 10.1. The molecule has 8 heteroatoms. The van der Waals surface area contributed by atoms with Gasteiger partial charge >= 0.3 is 0 Å². The fourth-order valence-corrected chi connectivity index (χ4v) is 2.79. The Labute approximate surface area is 144 Å². The van der Waals surface area contributed by atoms with Gasteiger partial charge in [-0.2, -0.15) is 5.10 Å². The van der Waals surface area contributed by atoms with Crippen molar-refractivity contribution >= 4 is 23.4 Å². The molecule has 0 aliphatic carbocycles. The molecule has 1 aromatic carbocycles. The predicted molar refractivity (Wildman–Crippen MR) is 91.1 cm³/mol. The maximum absolute atomic E-state index is 12.3. The number of benzene rings is 1. The van der Waals surface area contributed by atoms with Crippen LogP contribution in [0, 0.1) is 5.92 Å². The molecular weight excluding hydrogens is 322 g/mol. The summed E-state index contributed by atoms with van der Waals surface area (Å²) < 4.78 is 1.53. The Hall–Kier alpha value is -3.16. The second-order valence-corrected chi connectivity index (χ2v) is 5.88. The van der Waals surface area contributed by atoms with Crippen LogP contribution in [-0.2, 0) is 9.59 Å². The summed E-state index contributed by atoms with van der Waals surface area (Å²) in [5.41, 5.74) is 6.74. The van der Waals surface area contributed by atoms with Gasteiger partial charge in [0.25, 0.3) is 5.91 Å². The number of amides is 3. The fourth-order valence-electron chi connectivity index (χ4n) is 2.79. The minimum atomic E-state index is -0.588. The van der Waals surface area contributed by atoms with Crippen LogP contribution >= 0.6 is 0 Å². The molecule has 1 aliphatic heterocycles. The lowest BCUT2D eigenvalue weighted by Crippen LogP contribution is -2.28. The molecule has 0 unspecified atom stereocenters. The lowest BCUT2D eigenvalue weighted by Gasteiger charge is -2.13. The van der Waals surface area contributed by atoms with Crippen molar-refractivity contribution in [2.75, 3.05) is 18.4 Å². The van der Waals surface area contributed by atoms with E-state index in [0.717, 1.165) is 5.69 Å². The maximum atomic E-state index is 12.3. The van der Waals surface area contributed by atoms with Crippen LogP contribution in [0.4, 0.5) is 5.69 Å². The average molecular weight is 341 g/mol. The van der Waals surface area contributed by atoms with Crippen LogP contribution in [0.2, 0.25) is 0 Å². The molecule has 25 heavy (non-hydrogen) atoms. The zero-order chi connectivity index (χ0) is 18.0. The number of aromatic nitrogens is 2. The molecule has 130 valence electrons. The van der Waals surface area contributed by atoms with Crippen LogP contribution in [0.15, 0.2) is 36.5 Å². The zero-order valence-electron chi connectivity index (χ0n) is 13.8. The first kappa shape index (κ1) is 16.7. The Morgan fingerprint density at radius 1 is 1.28 bits per heavy atom. The van der Waals surface area contributed by atoms with Gasteiger partial charge in [0.2, 0.25) is 11.8 Å². The monoisotopic (exact) mass is 341 g/mol. The van der Waals surface area contributed by atoms with Crippen LogP contribution in [-0.4, -0.2) is 45.5 Å². The van der Waals surface area contributed by atoms with Crippen molar-refractivity contribution < 1.29 is 14.4 Å². The van der Waals surface area contributed by atoms with Crippen molar-refractivity contribution in [2.24, 2.45) is 11.7 Å². The Morgan fingerprint density at radius 2 is 2.00 bits per heavy atom. The Morgan fingerprint density at radius 3 is 2.56 bits per heavy atom. The van der Waals surface area contributed by atoms with Gasteiger partial charge in [-0.05, 0) is 37.3 Å². The van der Waals surface area contributed by atoms with Gasteiger partial charge in [0, 0.05) is 31.4 Å². The van der Waals surface area contributed by atoms with E-state index in [1.54, 1.807) is 35.4 Å². The highest BCUT2D eigenvalue weighted by Gasteiger charge is 2.33. The van der Waals surface area contributed by atoms with Gasteiger partial charge in [0.15, 0.2) is 0 Å². The number of anilines is 1. The highest BCUT2D eigenvalue weighted by atomic mass is 16.2. The number of primary amides is 1. The third-order valence-electron chi connectivity index (χ3n) is 4.21. The molecule has 1 fully saturated rings. The van der Waals surface area contributed by atoms with Gasteiger partial charge in [-0.3, -0.25) is 14.4 Å². The average Bonchev–Trinajstić information content (AvgIpc) is 3.22. The van der Waals surface area contributed by atoms with E-state index in [1.807, 2.05) is 6.92 Å². The number of nitrogens with two attached hydrogens (primary N) is 1. The van der Waals surface area contributed by atoms with Crippen molar-refractivity contribution in [1.29, 1.82) is 0 Å². The second-order valence-electron chi connectivity index (χ2n) is 5.88. The summed E-state index contributed by atoms with van der Waals surface area (Å²) in [6.45, 7) is 2.98. The molecule has 0 saturated carbocycles. The number of likely N-dealkylation sites (tertiary alicyclic amines) is 1. The van der Waals surface area contributed by atoms with Crippen molar-refractivity contribution in [1.82, 2.24) is 14.7 Å². The van der Waals surface area contributed by atoms with Crippen molar-refractivity contribution in [2.45, 2.75) is 13.3 Å². The number of nitrogens with zero attached hydrogens (tertiary/aromatic N) is 3. The molecule has 0 radical (unpaired) electrons. The lowest BCUT2D eigenvalue weighted by molar-refractivity contribution is -0.128. The molecule has 3 amide bonds. The summed E-state index contributed by atoms with van der Waals surface area (Å²) in [4.78, 5) is 36.8. The Balaban J connectivity index is 1.65. The van der Waals surface area contributed by atoms with Crippen molar-refractivity contribution in [3.63, 3.8) is 0 Å². The molecule has 2 heterocycles. The summed E-state index contributed by atoms with van der Waals surface area (Å²) >= 11 is 0. The van der Waals surface area contributed by atoms with E-state index in [9.17, 15) is 14.4 Å². The van der Waals surface area contributed by atoms with E-state index in [0.29, 0.717) is 18.8 Å². The van der Waals surface area contributed by atoms with E-state index < -0.39 is 5.91 Å². The first-order valence-corrected chi connectivity index (χ1v) is 8.02. The summed E-state index contributed by atoms with van der Waals surface area (Å²) in [7, 11) is 0. The number of nitrogens with one attached hydrogen (secondary N) is 1. The Kier molecular flexibility index (Phi) is 4.51. The summed E-state index contributed by atoms with van der Waals surface area (Å²) in [5.74, 6) is -1.06. The third kappa shape index (κ3) is 3.52. The van der Waals surface area contributed by atoms with Gasteiger partial charge in [0.1, 0.15) is 5.69 Å². The molecule has 1 saturated heterocycles. The van der Waals surface area contributed by atoms with Crippen LogP contribution in [0.25, 0.3) is 5.69 Å². The largest absolute Gasteiger partial charge is 0.364 e. The van der Waals surface area contributed by atoms with Gasteiger partial charge < -0.3 is 16.0 Å². The van der Waals surface area contributed by atoms with E-state index >= 15 is 0 Å². The second kappa shape index (κ2) is 6.76. The minimum absolute atomic E-state index is 0.0157. The van der Waals surface area contributed by atoms with Gasteiger partial charge in [-0.1, -0.05) is 0 Å². The molecule has 1 aromatic heterocycles. The zero-order valence-corrected chi connectivity index (χ0v) is 13.8. The first-order valence-electron chi connectivity index (χ1n) is 8.02. The molecule has 3 rings (SSSR count). The van der Waals surface area contributed by atoms with Crippen LogP contribution in [0.5, 0.6) is 0 Å². The van der Waals surface area contributed by atoms with Gasteiger partial charge in [0.05, 0.1) is 11.6 Å². The third-order valence-corrected chi connectivity index (χ3v) is 4.21. The van der Waals surface area contributed by atoms with Crippen molar-refractivity contribution in [3.05, 3.63) is 42.2 Å². The number of hydrogen-bond donors (Lipinski definition) is 2. The SMILES string of the molecule is CCN1C[C@@H](C(=O)Nc2ccc(-n3ccc(C(N)=O)n3)cc2)CC1=O. The number of carbonyl (C=O) groups is 3. The van der Waals surface area contributed by atoms with E-state index in [1.165, 1.54) is 10.7 Å². The molecule has 8 nitrogen and oxygen atoms in total. The Bertz CT molecular complexity index is 812. The number of carbonyl (C=O) groups excluding carboxylic acids is 3. The van der Waals surface area contributed by atoms with Crippen molar-refractivity contribution in [3.8, 4) is 5.69 Å². The van der Waals surface area contributed by atoms with Crippen LogP contribution < -0.4 is 11.1 Å². The standard InChI is InChI=1S/C17H19N5O3/c1-2-21-10-11(9-15(21)23)17(25)19-12-3-5-13(6-4-12)22-8-7-14(20-22)16(18)24/h3-8,11H,2,9-10H2,1H3,(H2,18,24)(H,19,25)/t11-/m0/s1. The minimum Gasteiger partial charge on any atom is -0.364 e. The molecule has 0 bridgehead atoms. The highest BCUT2D eigenvalue weighted by molar-refractivity contribution is 5.97. The highest BCUT2D eigenvalue weighted by Crippen LogP contribution is 2.20. The summed E-state index contributed by atoms with van der Waals surface area (Å²) in [6.07, 6.45) is 1.89. The normalized spacial score (nSPS) is 16.9.